The second kappa shape index (κ2) is 31.9. The summed E-state index contributed by atoms with van der Waals surface area (Å²) in [7, 11) is 0. The molecule has 0 aliphatic carbocycles. The summed E-state index contributed by atoms with van der Waals surface area (Å²) in [6, 6.07) is 14.7. The zero-order valence-electron chi connectivity index (χ0n) is 37.6. The molecule has 1 aliphatic heterocycles. The molecule has 0 unspecified atom stereocenters. The average Bonchev–Trinajstić information content (AvgIpc) is 3.48. The standard InChI is InChI=1S/C47H74N2.2C2H5O.Ni/c1-7-13-19-23-28-40-32-38(26-17-11-5)34-42(36-40)46-44(30-22-16-10-4)45(31-25-21-15-9-3)47(49(46)48)43-35-39(27-18-12-6)33-41(37-43)29-24-20-14-8-2;2*1-2-3;/h32-37H,7-31H2,1-6H3;2*2H2,1H3;/q;2*-1;+2. The van der Waals surface area contributed by atoms with Crippen LogP contribution in [-0.2, 0) is 48.5 Å². The van der Waals surface area contributed by atoms with Crippen molar-refractivity contribution in [1.82, 2.24) is 0 Å². The van der Waals surface area contributed by atoms with E-state index in [-0.39, 0.29) is 0 Å². The van der Waals surface area contributed by atoms with E-state index in [4.69, 9.17) is 7.76 Å². The first-order valence-corrected chi connectivity index (χ1v) is 24.3. The van der Waals surface area contributed by atoms with Crippen molar-refractivity contribution >= 4 is 11.4 Å². The Morgan fingerprint density at radius 2 is 0.696 bits per heavy atom. The average molecular weight is 816 g/mol. The van der Waals surface area contributed by atoms with Crippen LogP contribution in [0.1, 0.15) is 224 Å². The van der Waals surface area contributed by atoms with Gasteiger partial charge in [-0.2, -0.15) is 0 Å². The van der Waals surface area contributed by atoms with Crippen LogP contribution in [0.3, 0.4) is 0 Å². The van der Waals surface area contributed by atoms with Crippen molar-refractivity contribution in [1.29, 1.82) is 0 Å². The monoisotopic (exact) mass is 815 g/mol. The molecule has 0 spiro atoms. The normalized spacial score (nSPS) is 13.0. The van der Waals surface area contributed by atoms with Gasteiger partial charge >= 0.3 is 49.9 Å². The first kappa shape index (κ1) is 50.1. The van der Waals surface area contributed by atoms with Crippen LogP contribution in [0.5, 0.6) is 0 Å². The Kier molecular flexibility index (Phi) is 28.5. The molecule has 320 valence electrons. The fourth-order valence-corrected chi connectivity index (χ4v) is 8.13. The van der Waals surface area contributed by atoms with E-state index in [9.17, 15) is 5.53 Å². The Labute approximate surface area is 353 Å². The third-order valence-corrected chi connectivity index (χ3v) is 11.7. The van der Waals surface area contributed by atoms with E-state index in [0.29, 0.717) is 13.2 Å². The van der Waals surface area contributed by atoms with Gasteiger partial charge in [0.2, 0.25) is 11.4 Å². The number of benzene rings is 2. The molecule has 0 saturated carbocycles. The fraction of sp³-hybridized carbons (Fsp3) is 0.686. The van der Waals surface area contributed by atoms with E-state index in [1.807, 2.05) is 13.8 Å². The molecule has 0 fully saturated rings. The summed E-state index contributed by atoms with van der Waals surface area (Å²) < 4.78 is 11.3. The van der Waals surface area contributed by atoms with E-state index in [0.717, 1.165) is 65.0 Å². The van der Waals surface area contributed by atoms with Crippen LogP contribution in [0.4, 0.5) is 0 Å². The summed E-state index contributed by atoms with van der Waals surface area (Å²) in [4.78, 5) is 0. The zero-order chi connectivity index (χ0) is 40.8. The molecule has 0 aromatic heterocycles. The molecule has 0 radical (unpaired) electrons. The maximum absolute atomic E-state index is 12.6. The predicted octanol–water partition coefficient (Wildman–Crippen LogP) is 16.3. The molecule has 56 heavy (non-hydrogen) atoms. The topological polar surface area (TPSA) is 43.8 Å². The van der Waals surface area contributed by atoms with Gasteiger partial charge in [-0.25, -0.2) is 4.70 Å². The van der Waals surface area contributed by atoms with Crippen LogP contribution in [0.15, 0.2) is 47.5 Å². The Morgan fingerprint density at radius 3 is 1.04 bits per heavy atom. The van der Waals surface area contributed by atoms with Crippen molar-refractivity contribution in [3.63, 3.8) is 0 Å². The van der Waals surface area contributed by atoms with Gasteiger partial charge in [-0.1, -0.05) is 137 Å². The molecule has 0 amide bonds. The van der Waals surface area contributed by atoms with E-state index < -0.39 is 0 Å². The Balaban J connectivity index is 0.00000141. The van der Waals surface area contributed by atoms with Crippen molar-refractivity contribution < 1.29 is 27.5 Å². The van der Waals surface area contributed by atoms with Crippen molar-refractivity contribution in [3.05, 3.63) is 86.5 Å². The van der Waals surface area contributed by atoms with Crippen LogP contribution in [-0.4, -0.2) is 17.9 Å². The van der Waals surface area contributed by atoms with Gasteiger partial charge in [0, 0.05) is 22.3 Å². The molecule has 0 saturated heterocycles. The van der Waals surface area contributed by atoms with Gasteiger partial charge in [-0.3, -0.25) is 0 Å². The van der Waals surface area contributed by atoms with Gasteiger partial charge in [-0.05, 0) is 124 Å². The molecule has 0 atom stereocenters. The molecular formula is C51H84N2NiO2. The van der Waals surface area contributed by atoms with Gasteiger partial charge in [0.25, 0.3) is 0 Å². The number of hydrogen-bond acceptors (Lipinski definition) is 2. The molecule has 0 bridgehead atoms. The molecule has 1 heterocycles. The first-order chi connectivity index (χ1) is 27.4. The number of unbranched alkanes of at least 4 members (excludes halogenated alkanes) is 13. The fourth-order valence-electron chi connectivity index (χ4n) is 7.82. The molecule has 2 aromatic rings. The molecule has 4 nitrogen and oxygen atoms in total. The zero-order valence-corrected chi connectivity index (χ0v) is 38.6. The van der Waals surface area contributed by atoms with E-state index >= 15 is 0 Å². The minimum atomic E-state index is 0.708. The predicted molar refractivity (Wildman–Crippen MR) is 239 cm³/mol. The van der Waals surface area contributed by atoms with E-state index in [1.165, 1.54) is 167 Å². The summed E-state index contributed by atoms with van der Waals surface area (Å²) in [6.07, 6.45) is 30.2. The summed E-state index contributed by atoms with van der Waals surface area (Å²) in [5.41, 5.74) is 25.8. The number of nitrogens with zero attached hydrogens (tertiary/aromatic N) is 2. The number of aryl methyl sites for hydroxylation is 4. The van der Waals surface area contributed by atoms with Crippen molar-refractivity contribution in [2.24, 2.45) is 0 Å². The Morgan fingerprint density at radius 1 is 0.393 bits per heavy atom. The van der Waals surface area contributed by atoms with E-state index in [2.05, 4.69) is 77.9 Å². The van der Waals surface area contributed by atoms with Crippen LogP contribution in [0, 0.1) is 0 Å². The third kappa shape index (κ3) is 18.7. The minimum absolute atomic E-state index is 0.708. The number of rotatable bonds is 31. The van der Waals surface area contributed by atoms with Gasteiger partial charge in [0.15, 0.2) is 0 Å². The summed E-state index contributed by atoms with van der Waals surface area (Å²) >= 11 is 0.899. The third-order valence-electron chi connectivity index (χ3n) is 10.9. The molecule has 0 N–H and O–H groups in total. The molecule has 5 heteroatoms. The maximum atomic E-state index is 12.6. The number of allylic oxidation sites excluding steroid dienone is 2. The van der Waals surface area contributed by atoms with Gasteiger partial charge < -0.3 is 5.53 Å². The first-order valence-electron chi connectivity index (χ1n) is 23.5. The van der Waals surface area contributed by atoms with Crippen LogP contribution in [0.25, 0.3) is 16.9 Å². The van der Waals surface area contributed by atoms with Crippen LogP contribution in [0.2, 0.25) is 0 Å². The molecular weight excluding hydrogens is 731 g/mol. The Hall–Kier alpha value is -2.07. The second-order valence-corrected chi connectivity index (χ2v) is 16.7. The molecule has 3 rings (SSSR count). The van der Waals surface area contributed by atoms with Crippen LogP contribution < -0.4 is 0 Å². The summed E-state index contributed by atoms with van der Waals surface area (Å²) in [5.74, 6) is 0. The van der Waals surface area contributed by atoms with Crippen molar-refractivity contribution in [3.8, 4) is 0 Å². The summed E-state index contributed by atoms with van der Waals surface area (Å²) in [5, 5.41) is 0. The molecule has 2 aromatic carbocycles. The van der Waals surface area contributed by atoms with Crippen molar-refractivity contribution in [2.75, 3.05) is 13.2 Å². The van der Waals surface area contributed by atoms with E-state index in [1.54, 1.807) is 4.70 Å². The van der Waals surface area contributed by atoms with Crippen molar-refractivity contribution in [2.45, 2.75) is 216 Å². The SMILES string of the molecule is CCCCCCC1=C(c2cc(CCCC)cc(CCCCCC)c2)[N+](=[N-])C(c2cc(CCCC)cc(CCCCCC)c2)=C1CCCCC.CC[O][Ni][O]CC. The quantitative estimate of drug-likeness (QED) is 0.0432. The number of hydrogen-bond donors (Lipinski definition) is 0. The van der Waals surface area contributed by atoms with Gasteiger partial charge in [0.05, 0.1) is 0 Å². The van der Waals surface area contributed by atoms with Gasteiger partial charge in [0.1, 0.15) is 0 Å². The van der Waals surface area contributed by atoms with Crippen LogP contribution >= 0.6 is 0 Å². The Bertz CT molecular complexity index is 1420. The molecule has 1 aliphatic rings. The van der Waals surface area contributed by atoms with Gasteiger partial charge in [-0.15, -0.1) is 0 Å². The second-order valence-electron chi connectivity index (χ2n) is 16.0. The summed E-state index contributed by atoms with van der Waals surface area (Å²) in [6.45, 7) is 19.1.